The fraction of sp³-hybridized carbons (Fsp3) is 0.381. The van der Waals surface area contributed by atoms with Gasteiger partial charge in [0.15, 0.2) is 18.4 Å². The van der Waals surface area contributed by atoms with E-state index in [0.29, 0.717) is 31.6 Å². The maximum Gasteiger partial charge on any atom is 0.573 e. The molecule has 1 saturated heterocycles. The van der Waals surface area contributed by atoms with Crippen molar-refractivity contribution in [2.45, 2.75) is 19.7 Å². The molecule has 31 heavy (non-hydrogen) atoms. The number of halogens is 4. The van der Waals surface area contributed by atoms with Crippen molar-refractivity contribution in [2.24, 2.45) is 5.41 Å². The topological polar surface area (TPSA) is 63.2 Å². The van der Waals surface area contributed by atoms with E-state index in [1.807, 2.05) is 0 Å². The van der Waals surface area contributed by atoms with Crippen molar-refractivity contribution in [3.05, 3.63) is 53.8 Å². The standard InChI is InChI=1S/C21H20F4O6/c1-2-20(10-27-11-20)12-28-13-29-15-5-3-14(4-6-15)19(26)30-16-7-8-18(17(22)9-16)31-21(23,24)25/h3-9H,2,10-13H2,1H3. The molecule has 10 heteroatoms. The molecule has 0 bridgehead atoms. The summed E-state index contributed by atoms with van der Waals surface area (Å²) in [6.45, 7) is 3.97. The minimum Gasteiger partial charge on any atom is -0.468 e. The first kappa shape index (κ1) is 22.8. The highest BCUT2D eigenvalue weighted by Crippen LogP contribution is 2.31. The predicted molar refractivity (Wildman–Crippen MR) is 99.5 cm³/mol. The number of esters is 1. The van der Waals surface area contributed by atoms with Gasteiger partial charge in [-0.25, -0.2) is 9.18 Å². The van der Waals surface area contributed by atoms with Crippen LogP contribution < -0.4 is 14.2 Å². The van der Waals surface area contributed by atoms with Crippen molar-refractivity contribution in [3.8, 4) is 17.2 Å². The third-order valence-electron chi connectivity index (χ3n) is 4.71. The Morgan fingerprint density at radius 3 is 2.32 bits per heavy atom. The Morgan fingerprint density at radius 2 is 1.77 bits per heavy atom. The SMILES string of the molecule is CCC1(COCOc2ccc(C(=O)Oc3ccc(OC(F)(F)F)c(F)c3)cc2)COC1. The van der Waals surface area contributed by atoms with Gasteiger partial charge in [-0.2, -0.15) is 0 Å². The molecule has 0 spiro atoms. The number of hydrogen-bond donors (Lipinski definition) is 0. The predicted octanol–water partition coefficient (Wildman–Crippen LogP) is 4.72. The molecular weight excluding hydrogens is 424 g/mol. The molecular formula is C21H20F4O6. The van der Waals surface area contributed by atoms with Gasteiger partial charge < -0.3 is 23.7 Å². The van der Waals surface area contributed by atoms with E-state index in [-0.39, 0.29) is 23.5 Å². The molecule has 0 amide bonds. The van der Waals surface area contributed by atoms with Crippen molar-refractivity contribution in [2.75, 3.05) is 26.6 Å². The molecule has 1 fully saturated rings. The van der Waals surface area contributed by atoms with Crippen molar-refractivity contribution < 1.29 is 46.0 Å². The number of rotatable bonds is 9. The number of benzene rings is 2. The normalized spacial score (nSPS) is 15.1. The van der Waals surface area contributed by atoms with Crippen LogP contribution in [0.15, 0.2) is 42.5 Å². The highest BCUT2D eigenvalue weighted by Gasteiger charge is 2.37. The van der Waals surface area contributed by atoms with E-state index < -0.39 is 23.9 Å². The van der Waals surface area contributed by atoms with Crippen LogP contribution >= 0.6 is 0 Å². The smallest absolute Gasteiger partial charge is 0.468 e. The lowest BCUT2D eigenvalue weighted by Gasteiger charge is -2.40. The van der Waals surface area contributed by atoms with Gasteiger partial charge in [0.2, 0.25) is 0 Å². The molecule has 0 atom stereocenters. The van der Waals surface area contributed by atoms with E-state index in [4.69, 9.17) is 18.9 Å². The van der Waals surface area contributed by atoms with E-state index in [2.05, 4.69) is 11.7 Å². The quantitative estimate of drug-likeness (QED) is 0.183. The minimum absolute atomic E-state index is 0.0389. The van der Waals surface area contributed by atoms with E-state index in [1.54, 1.807) is 0 Å². The van der Waals surface area contributed by atoms with Crippen LogP contribution in [-0.2, 0) is 9.47 Å². The lowest BCUT2D eigenvalue weighted by Crippen LogP contribution is -2.45. The second-order valence-electron chi connectivity index (χ2n) is 7.01. The molecule has 0 saturated carbocycles. The maximum atomic E-state index is 13.7. The van der Waals surface area contributed by atoms with E-state index >= 15 is 0 Å². The highest BCUT2D eigenvalue weighted by molar-refractivity contribution is 5.91. The van der Waals surface area contributed by atoms with Crippen molar-refractivity contribution in [3.63, 3.8) is 0 Å². The average Bonchev–Trinajstić information content (AvgIpc) is 2.68. The zero-order chi connectivity index (χ0) is 22.5. The van der Waals surface area contributed by atoms with Gasteiger partial charge in [-0.15, -0.1) is 13.2 Å². The first-order valence-corrected chi connectivity index (χ1v) is 9.35. The van der Waals surface area contributed by atoms with Gasteiger partial charge in [0, 0.05) is 11.5 Å². The highest BCUT2D eigenvalue weighted by atomic mass is 19.4. The molecule has 0 N–H and O–H groups in total. The Balaban J connectivity index is 1.49. The van der Waals surface area contributed by atoms with E-state index in [9.17, 15) is 22.4 Å². The van der Waals surface area contributed by atoms with Gasteiger partial charge in [0.1, 0.15) is 11.5 Å². The summed E-state index contributed by atoms with van der Waals surface area (Å²) in [5.74, 6) is -2.96. The molecule has 0 unspecified atom stereocenters. The molecule has 168 valence electrons. The Labute approximate surface area is 175 Å². The van der Waals surface area contributed by atoms with Crippen LogP contribution in [0.4, 0.5) is 17.6 Å². The second kappa shape index (κ2) is 9.52. The van der Waals surface area contributed by atoms with Crippen molar-refractivity contribution in [1.82, 2.24) is 0 Å². The summed E-state index contributed by atoms with van der Waals surface area (Å²) in [7, 11) is 0. The van der Waals surface area contributed by atoms with Crippen LogP contribution in [0.5, 0.6) is 17.2 Å². The molecule has 2 aromatic carbocycles. The van der Waals surface area contributed by atoms with Crippen LogP contribution in [0.25, 0.3) is 0 Å². The lowest BCUT2D eigenvalue weighted by molar-refractivity contribution is -0.275. The number of ether oxygens (including phenoxy) is 5. The van der Waals surface area contributed by atoms with Gasteiger partial charge in [-0.3, -0.25) is 0 Å². The molecule has 6 nitrogen and oxygen atoms in total. The largest absolute Gasteiger partial charge is 0.573 e. The minimum atomic E-state index is -5.03. The number of carbonyl (C=O) groups excluding carboxylic acids is 1. The lowest BCUT2D eigenvalue weighted by atomic mass is 9.84. The van der Waals surface area contributed by atoms with Crippen LogP contribution in [-0.4, -0.2) is 38.9 Å². The van der Waals surface area contributed by atoms with E-state index in [0.717, 1.165) is 18.6 Å². The zero-order valence-electron chi connectivity index (χ0n) is 16.5. The fourth-order valence-electron chi connectivity index (χ4n) is 2.75. The summed E-state index contributed by atoms with van der Waals surface area (Å²) in [6, 6.07) is 8.27. The molecule has 2 aromatic rings. The molecule has 1 aliphatic heterocycles. The Morgan fingerprint density at radius 1 is 1.10 bits per heavy atom. The number of carbonyl (C=O) groups is 1. The molecule has 0 aliphatic carbocycles. The maximum absolute atomic E-state index is 13.7. The Kier molecular flexibility index (Phi) is 7.01. The third kappa shape index (κ3) is 6.31. The number of hydrogen-bond acceptors (Lipinski definition) is 6. The van der Waals surface area contributed by atoms with Crippen molar-refractivity contribution >= 4 is 5.97 Å². The van der Waals surface area contributed by atoms with E-state index in [1.165, 1.54) is 24.3 Å². The summed E-state index contributed by atoms with van der Waals surface area (Å²) < 4.78 is 74.9. The fourth-order valence-corrected chi connectivity index (χ4v) is 2.75. The van der Waals surface area contributed by atoms with Gasteiger partial charge >= 0.3 is 12.3 Å². The summed E-state index contributed by atoms with van der Waals surface area (Å²) in [5.41, 5.74) is 0.189. The molecule has 1 heterocycles. The monoisotopic (exact) mass is 444 g/mol. The average molecular weight is 444 g/mol. The van der Waals surface area contributed by atoms with Crippen LogP contribution in [0.1, 0.15) is 23.7 Å². The van der Waals surface area contributed by atoms with Crippen LogP contribution in [0, 0.1) is 11.2 Å². The summed E-state index contributed by atoms with van der Waals surface area (Å²) in [6.07, 6.45) is -4.08. The Hall–Kier alpha value is -2.85. The molecule has 1 aliphatic rings. The third-order valence-corrected chi connectivity index (χ3v) is 4.71. The molecule has 3 rings (SSSR count). The zero-order valence-corrected chi connectivity index (χ0v) is 16.5. The summed E-state index contributed by atoms with van der Waals surface area (Å²) in [5, 5.41) is 0. The van der Waals surface area contributed by atoms with Crippen molar-refractivity contribution in [1.29, 1.82) is 0 Å². The van der Waals surface area contributed by atoms with Gasteiger partial charge in [0.25, 0.3) is 0 Å². The molecule has 0 radical (unpaired) electrons. The summed E-state index contributed by atoms with van der Waals surface area (Å²) in [4.78, 5) is 12.2. The van der Waals surface area contributed by atoms with Gasteiger partial charge in [-0.1, -0.05) is 6.92 Å². The first-order chi connectivity index (χ1) is 14.7. The first-order valence-electron chi connectivity index (χ1n) is 9.35. The van der Waals surface area contributed by atoms with Crippen LogP contribution in [0.3, 0.4) is 0 Å². The summed E-state index contributed by atoms with van der Waals surface area (Å²) >= 11 is 0. The number of alkyl halides is 3. The van der Waals surface area contributed by atoms with Crippen LogP contribution in [0.2, 0.25) is 0 Å². The van der Waals surface area contributed by atoms with Gasteiger partial charge in [-0.05, 0) is 42.8 Å². The Bertz CT molecular complexity index is 888. The second-order valence-corrected chi connectivity index (χ2v) is 7.01. The molecule has 0 aromatic heterocycles. The van der Waals surface area contributed by atoms with Gasteiger partial charge in [0.05, 0.1) is 25.4 Å².